The topological polar surface area (TPSA) is 46.5 Å². The van der Waals surface area contributed by atoms with Crippen LogP contribution in [0.25, 0.3) is 0 Å². The molecular weight excluding hydrogens is 364 g/mol. The lowest BCUT2D eigenvalue weighted by Gasteiger charge is -2.36. The van der Waals surface area contributed by atoms with E-state index in [1.54, 1.807) is 0 Å². The molecule has 1 fully saturated rings. The highest BCUT2D eigenvalue weighted by molar-refractivity contribution is 6.74. The molecule has 164 valence electrons. The molecule has 3 atom stereocenters. The van der Waals surface area contributed by atoms with E-state index in [9.17, 15) is 9.90 Å². The van der Waals surface area contributed by atoms with Crippen LogP contribution in [0.2, 0.25) is 18.1 Å². The fraction of sp³-hybridized carbons (Fsp3) is 0.875. The summed E-state index contributed by atoms with van der Waals surface area (Å²) in [5.41, 5.74) is 0. The molecule has 1 N–H and O–H groups in total. The first-order chi connectivity index (χ1) is 13.1. The zero-order valence-electron chi connectivity index (χ0n) is 19.4. The van der Waals surface area contributed by atoms with Crippen LogP contribution in [0.15, 0.2) is 12.2 Å². The number of rotatable bonds is 12. The van der Waals surface area contributed by atoms with Crippen LogP contribution in [0.5, 0.6) is 0 Å². The van der Waals surface area contributed by atoms with Crippen LogP contribution >= 0.6 is 0 Å². The summed E-state index contributed by atoms with van der Waals surface area (Å²) in [6.07, 6.45) is 14.2. The van der Waals surface area contributed by atoms with Crippen molar-refractivity contribution in [3.05, 3.63) is 12.2 Å². The molecule has 0 spiro atoms. The SMILES string of the molecule is CCCCCC/C=C/[C@H]1CCCC(=O)[C@@H]1C(O)CCCO[Si](C)(C)C(C)(C)C. The van der Waals surface area contributed by atoms with Crippen LogP contribution in [-0.4, -0.2) is 31.9 Å². The number of unbranched alkanes of at least 4 members (excludes halogenated alkanes) is 4. The minimum Gasteiger partial charge on any atom is -0.417 e. The summed E-state index contributed by atoms with van der Waals surface area (Å²) >= 11 is 0. The van der Waals surface area contributed by atoms with Gasteiger partial charge in [0, 0.05) is 18.9 Å². The molecule has 0 aromatic carbocycles. The van der Waals surface area contributed by atoms with Gasteiger partial charge in [0.1, 0.15) is 5.78 Å². The van der Waals surface area contributed by atoms with E-state index in [1.165, 1.54) is 25.7 Å². The van der Waals surface area contributed by atoms with Crippen molar-refractivity contribution in [2.24, 2.45) is 11.8 Å². The van der Waals surface area contributed by atoms with Crippen molar-refractivity contribution in [2.75, 3.05) is 6.61 Å². The molecule has 1 unspecified atom stereocenters. The van der Waals surface area contributed by atoms with E-state index in [0.29, 0.717) is 19.4 Å². The van der Waals surface area contributed by atoms with Crippen LogP contribution in [0.3, 0.4) is 0 Å². The first kappa shape index (κ1) is 25.6. The van der Waals surface area contributed by atoms with Crippen molar-refractivity contribution >= 4 is 14.1 Å². The lowest BCUT2D eigenvalue weighted by atomic mass is 9.74. The number of hydrogen-bond donors (Lipinski definition) is 1. The van der Waals surface area contributed by atoms with Crippen LogP contribution in [0.1, 0.15) is 91.9 Å². The fourth-order valence-corrected chi connectivity index (χ4v) is 4.88. The van der Waals surface area contributed by atoms with E-state index < -0.39 is 14.4 Å². The molecule has 0 heterocycles. The standard InChI is InChI=1S/C24H46O3Si/c1-7-8-9-10-11-12-15-20-16-13-17-21(25)23(20)22(26)18-14-19-27-28(5,6)24(2,3)4/h12,15,20,22-23,26H,7-11,13-14,16-19H2,1-6H3/b15-12+/t20-,22?,23+/m0/s1. The van der Waals surface area contributed by atoms with E-state index in [2.05, 4.69) is 52.9 Å². The maximum atomic E-state index is 12.5. The van der Waals surface area contributed by atoms with Crippen molar-refractivity contribution in [3.8, 4) is 0 Å². The molecule has 0 radical (unpaired) electrons. The summed E-state index contributed by atoms with van der Waals surface area (Å²) < 4.78 is 6.23. The van der Waals surface area contributed by atoms with Crippen LogP contribution in [-0.2, 0) is 9.22 Å². The van der Waals surface area contributed by atoms with E-state index in [-0.39, 0.29) is 22.7 Å². The molecule has 0 saturated heterocycles. The number of aliphatic hydroxyl groups is 1. The summed E-state index contributed by atoms with van der Waals surface area (Å²) in [7, 11) is -1.73. The molecule has 3 nitrogen and oxygen atoms in total. The largest absolute Gasteiger partial charge is 0.417 e. The molecule has 0 amide bonds. The van der Waals surface area contributed by atoms with Gasteiger partial charge in [-0.2, -0.15) is 0 Å². The second-order valence-corrected chi connectivity index (χ2v) is 15.0. The summed E-state index contributed by atoms with van der Waals surface area (Å²) in [5, 5.41) is 11.0. The number of Topliss-reactive ketones (excluding diaryl/α,β-unsaturated/α-hetero) is 1. The van der Waals surface area contributed by atoms with Gasteiger partial charge in [0.05, 0.1) is 6.10 Å². The van der Waals surface area contributed by atoms with Crippen molar-refractivity contribution in [1.29, 1.82) is 0 Å². The molecule has 0 bridgehead atoms. The highest BCUT2D eigenvalue weighted by atomic mass is 28.4. The van der Waals surface area contributed by atoms with Gasteiger partial charge in [0.25, 0.3) is 0 Å². The summed E-state index contributed by atoms with van der Waals surface area (Å²) in [4.78, 5) is 12.5. The van der Waals surface area contributed by atoms with Gasteiger partial charge >= 0.3 is 0 Å². The number of hydrogen-bond acceptors (Lipinski definition) is 3. The average molecular weight is 411 g/mol. The number of ketones is 1. The predicted molar refractivity (Wildman–Crippen MR) is 122 cm³/mol. The second kappa shape index (κ2) is 12.3. The highest BCUT2D eigenvalue weighted by Gasteiger charge is 2.38. The number of carbonyl (C=O) groups is 1. The van der Waals surface area contributed by atoms with Crippen molar-refractivity contribution in [2.45, 2.75) is 116 Å². The van der Waals surface area contributed by atoms with Gasteiger partial charge < -0.3 is 9.53 Å². The first-order valence-electron chi connectivity index (χ1n) is 11.6. The zero-order valence-corrected chi connectivity index (χ0v) is 20.4. The van der Waals surface area contributed by atoms with Gasteiger partial charge in [-0.25, -0.2) is 0 Å². The number of aliphatic hydroxyl groups excluding tert-OH is 1. The summed E-state index contributed by atoms with van der Waals surface area (Å²) in [5.74, 6) is 0.252. The van der Waals surface area contributed by atoms with Gasteiger partial charge in [-0.1, -0.05) is 59.1 Å². The van der Waals surface area contributed by atoms with Crippen LogP contribution < -0.4 is 0 Å². The monoisotopic (exact) mass is 410 g/mol. The lowest BCUT2D eigenvalue weighted by Crippen LogP contribution is -2.41. The normalized spacial score (nSPS) is 22.8. The quantitative estimate of drug-likeness (QED) is 0.222. The van der Waals surface area contributed by atoms with Gasteiger partial charge in [0.15, 0.2) is 8.32 Å². The average Bonchev–Trinajstić information content (AvgIpc) is 2.60. The third-order valence-corrected chi connectivity index (χ3v) is 11.3. The van der Waals surface area contributed by atoms with Gasteiger partial charge in [0.2, 0.25) is 0 Å². The smallest absolute Gasteiger partial charge is 0.191 e. The molecule has 28 heavy (non-hydrogen) atoms. The summed E-state index contributed by atoms with van der Waals surface area (Å²) in [6.45, 7) is 14.2. The molecule has 1 saturated carbocycles. The third-order valence-electron chi connectivity index (χ3n) is 6.73. The molecular formula is C24H46O3Si. The third kappa shape index (κ3) is 8.50. The Bertz CT molecular complexity index is 479. The Kier molecular flexibility index (Phi) is 11.2. The highest BCUT2D eigenvalue weighted by Crippen LogP contribution is 2.37. The molecule has 1 aliphatic rings. The second-order valence-electron chi connectivity index (χ2n) is 10.1. The van der Waals surface area contributed by atoms with E-state index >= 15 is 0 Å². The molecule has 1 aliphatic carbocycles. The number of allylic oxidation sites excluding steroid dienone is 2. The fourth-order valence-electron chi connectivity index (χ4n) is 3.79. The van der Waals surface area contributed by atoms with Gasteiger partial charge in [-0.3, -0.25) is 4.79 Å². The van der Waals surface area contributed by atoms with Gasteiger partial charge in [-0.15, -0.1) is 0 Å². The van der Waals surface area contributed by atoms with E-state index in [0.717, 1.165) is 25.7 Å². The molecule has 0 aromatic heterocycles. The minimum absolute atomic E-state index is 0.206. The Balaban J connectivity index is 2.49. The predicted octanol–water partition coefficient (Wildman–Crippen LogP) is 6.66. The Hall–Kier alpha value is -0.453. The Morgan fingerprint density at radius 1 is 1.21 bits per heavy atom. The van der Waals surface area contributed by atoms with Crippen molar-refractivity contribution in [1.82, 2.24) is 0 Å². The molecule has 0 aromatic rings. The van der Waals surface area contributed by atoms with Gasteiger partial charge in [-0.05, 0) is 62.6 Å². The van der Waals surface area contributed by atoms with Crippen LogP contribution in [0.4, 0.5) is 0 Å². The van der Waals surface area contributed by atoms with Crippen molar-refractivity contribution < 1.29 is 14.3 Å². The van der Waals surface area contributed by atoms with Crippen LogP contribution in [0, 0.1) is 11.8 Å². The minimum atomic E-state index is -1.73. The molecule has 0 aliphatic heterocycles. The first-order valence-corrected chi connectivity index (χ1v) is 14.5. The Labute approximate surface area is 175 Å². The number of carbonyl (C=O) groups excluding carboxylic acids is 1. The maximum Gasteiger partial charge on any atom is 0.191 e. The Morgan fingerprint density at radius 3 is 2.57 bits per heavy atom. The zero-order chi connectivity index (χ0) is 21.2. The lowest BCUT2D eigenvalue weighted by molar-refractivity contribution is -0.130. The maximum absolute atomic E-state index is 12.5. The summed E-state index contributed by atoms with van der Waals surface area (Å²) in [6, 6.07) is 0. The Morgan fingerprint density at radius 2 is 1.93 bits per heavy atom. The molecule has 1 rings (SSSR count). The molecule has 4 heteroatoms. The van der Waals surface area contributed by atoms with E-state index in [4.69, 9.17) is 4.43 Å². The van der Waals surface area contributed by atoms with E-state index in [1.807, 2.05) is 0 Å². The van der Waals surface area contributed by atoms with Crippen molar-refractivity contribution in [3.63, 3.8) is 0 Å².